The number of imidazole rings is 1. The van der Waals surface area contributed by atoms with Gasteiger partial charge < -0.3 is 9.55 Å². The molecule has 56 heavy (non-hydrogen) atoms. The van der Waals surface area contributed by atoms with E-state index in [0.717, 1.165) is 60.4 Å². The summed E-state index contributed by atoms with van der Waals surface area (Å²) in [4.78, 5) is 9.31. The molecule has 0 aliphatic heterocycles. The molecule has 0 aliphatic rings. The minimum Gasteiger partial charge on any atom is -0.332 e. The molecule has 0 aliphatic carbocycles. The van der Waals surface area contributed by atoms with Crippen molar-refractivity contribution in [2.45, 2.75) is 40.8 Å². The summed E-state index contributed by atoms with van der Waals surface area (Å²) in [6.07, 6.45) is -0.115. The van der Waals surface area contributed by atoms with Crippen LogP contribution in [0.3, 0.4) is 0 Å². The summed E-state index contributed by atoms with van der Waals surface area (Å²) in [6, 6.07) is 50.4. The minimum absolute atomic E-state index is 0. The van der Waals surface area contributed by atoms with E-state index < -0.39 is 20.1 Å². The molecule has 0 N–H and O–H groups in total. The first-order valence-electron chi connectivity index (χ1n) is 22.2. The van der Waals surface area contributed by atoms with Gasteiger partial charge in [-0.15, -0.1) is 46.8 Å². The predicted octanol–water partition coefficient (Wildman–Crippen LogP) is 13.7. The van der Waals surface area contributed by atoms with Crippen molar-refractivity contribution in [3.63, 3.8) is 0 Å². The molecule has 9 rings (SSSR count). The summed E-state index contributed by atoms with van der Waals surface area (Å²) in [7, 11) is 0. The Labute approximate surface area is 359 Å². The zero-order chi connectivity index (χ0) is 44.7. The maximum absolute atomic E-state index is 8.66. The Kier molecular flexibility index (Phi) is 9.12. The molecule has 0 amide bonds. The molecule has 3 nitrogen and oxygen atoms in total. The summed E-state index contributed by atoms with van der Waals surface area (Å²) in [5, 5.41) is 4.60. The van der Waals surface area contributed by atoms with Gasteiger partial charge in [0.1, 0.15) is 0 Å². The van der Waals surface area contributed by atoms with Crippen LogP contribution in [0.25, 0.3) is 71.7 Å². The SMILES string of the molecule is [2H]C([2H])([2H])c1c[c-]c(-c2ccc(C([2H])([2H])[2H])cn2)cc1.[2H]C([2H])(c1ccc2c(-c3nc4ccccc4n3-c3c(-c4ccccc4)cc(C)cc3-c3ccccc3)[c-]sc2c1)C(C)C.[Ir]. The van der Waals surface area contributed by atoms with E-state index >= 15 is 0 Å². The van der Waals surface area contributed by atoms with Gasteiger partial charge in [0.15, 0.2) is 0 Å². The second-order valence-electron chi connectivity index (χ2n) is 13.7. The third-order valence-corrected chi connectivity index (χ3v) is 10.1. The number of para-hydroxylation sites is 2. The van der Waals surface area contributed by atoms with Gasteiger partial charge in [-0.25, -0.2) is 0 Å². The van der Waals surface area contributed by atoms with Crippen molar-refractivity contribution in [1.29, 1.82) is 0 Å². The molecule has 0 saturated heterocycles. The second-order valence-corrected chi connectivity index (χ2v) is 14.6. The molecule has 5 heteroatoms. The Bertz CT molecular complexity index is 2920. The monoisotopic (exact) mass is 930 g/mol. The number of aryl methyl sites for hydroxylation is 3. The smallest absolute Gasteiger partial charge is 0.0774 e. The van der Waals surface area contributed by atoms with Crippen LogP contribution in [-0.4, -0.2) is 14.5 Å². The number of hydrogen-bond donors (Lipinski definition) is 0. The fourth-order valence-electron chi connectivity index (χ4n) is 6.82. The molecule has 0 bridgehead atoms. The van der Waals surface area contributed by atoms with E-state index in [1.54, 1.807) is 12.1 Å². The molecule has 0 spiro atoms. The number of nitrogens with zero attached hydrogens (tertiary/aromatic N) is 3. The van der Waals surface area contributed by atoms with Gasteiger partial charge in [-0.3, -0.25) is 16.3 Å². The molecule has 6 aromatic carbocycles. The van der Waals surface area contributed by atoms with Gasteiger partial charge in [0, 0.05) is 48.4 Å². The Morgan fingerprint density at radius 1 is 0.750 bits per heavy atom. The average Bonchev–Trinajstić information content (AvgIpc) is 3.88. The van der Waals surface area contributed by atoms with Crippen LogP contribution in [0.5, 0.6) is 0 Å². The summed E-state index contributed by atoms with van der Waals surface area (Å²) in [6.45, 7) is 1.67. The largest absolute Gasteiger partial charge is 0.332 e. The zero-order valence-electron chi connectivity index (χ0n) is 39.1. The fraction of sp³-hybridized carbons (Fsp3) is 0.137. The van der Waals surface area contributed by atoms with Crippen LogP contribution in [0, 0.1) is 38.0 Å². The Balaban J connectivity index is 0.000000246. The first-order valence-corrected chi connectivity index (χ1v) is 19.0. The molecule has 279 valence electrons. The molecule has 9 aromatic rings. The van der Waals surface area contributed by atoms with E-state index in [-0.39, 0.29) is 37.2 Å². The van der Waals surface area contributed by atoms with Crippen LogP contribution in [0.1, 0.15) is 47.1 Å². The predicted molar refractivity (Wildman–Crippen MR) is 233 cm³/mol. The van der Waals surface area contributed by atoms with Gasteiger partial charge in [-0.05, 0) is 78.3 Å². The molecule has 3 heterocycles. The Hall–Kier alpha value is -5.45. The number of pyridine rings is 1. The topological polar surface area (TPSA) is 30.7 Å². The van der Waals surface area contributed by atoms with Gasteiger partial charge in [0.25, 0.3) is 0 Å². The number of aromatic nitrogens is 3. The van der Waals surface area contributed by atoms with Crippen molar-refractivity contribution in [2.24, 2.45) is 5.92 Å². The van der Waals surface area contributed by atoms with Gasteiger partial charge in [-0.1, -0.05) is 139 Å². The van der Waals surface area contributed by atoms with Crippen LogP contribution >= 0.6 is 11.3 Å². The van der Waals surface area contributed by atoms with Crippen molar-refractivity contribution in [3.8, 4) is 50.6 Å². The zero-order valence-corrected chi connectivity index (χ0v) is 34.3. The number of fused-ring (bicyclic) bond motifs is 2. The Morgan fingerprint density at radius 3 is 2.05 bits per heavy atom. The van der Waals surface area contributed by atoms with Crippen molar-refractivity contribution in [1.82, 2.24) is 14.5 Å². The van der Waals surface area contributed by atoms with E-state index in [1.807, 2.05) is 38.1 Å². The van der Waals surface area contributed by atoms with E-state index in [2.05, 4.69) is 119 Å². The average molecular weight is 930 g/mol. The minimum atomic E-state index is -2.18. The van der Waals surface area contributed by atoms with Crippen molar-refractivity contribution in [2.75, 3.05) is 0 Å². The molecule has 3 aromatic heterocycles. The first-order chi connectivity index (χ1) is 30.0. The van der Waals surface area contributed by atoms with E-state index in [9.17, 15) is 0 Å². The van der Waals surface area contributed by atoms with Crippen LogP contribution in [0.15, 0.2) is 152 Å². The van der Waals surface area contributed by atoms with Gasteiger partial charge >= 0.3 is 0 Å². The van der Waals surface area contributed by atoms with Crippen LogP contribution in [0.4, 0.5) is 0 Å². The number of benzene rings is 6. The van der Waals surface area contributed by atoms with Crippen molar-refractivity contribution in [3.05, 3.63) is 185 Å². The van der Waals surface area contributed by atoms with Crippen LogP contribution < -0.4 is 0 Å². The van der Waals surface area contributed by atoms with E-state index in [1.165, 1.54) is 41.3 Å². The van der Waals surface area contributed by atoms with E-state index in [4.69, 9.17) is 16.0 Å². The third kappa shape index (κ3) is 8.22. The number of rotatable bonds is 7. The first kappa shape index (κ1) is 29.8. The van der Waals surface area contributed by atoms with Crippen LogP contribution in [-0.2, 0) is 26.5 Å². The molecule has 0 fully saturated rings. The Morgan fingerprint density at radius 2 is 1.43 bits per heavy atom. The summed E-state index contributed by atoms with van der Waals surface area (Å²) in [5.41, 5.74) is 11.9. The summed E-state index contributed by atoms with van der Waals surface area (Å²) < 4.78 is 64.3. The number of thiophene rings is 1. The third-order valence-electron chi connectivity index (χ3n) is 9.25. The second kappa shape index (κ2) is 17.1. The molecular formula is C51H43IrN3S-2. The molecular weight excluding hydrogens is 879 g/mol. The molecule has 0 saturated carbocycles. The van der Waals surface area contributed by atoms with Gasteiger partial charge in [0.05, 0.1) is 22.5 Å². The molecule has 1 radical (unpaired) electrons. The van der Waals surface area contributed by atoms with Crippen molar-refractivity contribution >= 4 is 32.5 Å². The van der Waals surface area contributed by atoms with E-state index in [0.29, 0.717) is 16.8 Å². The summed E-state index contributed by atoms with van der Waals surface area (Å²) >= 11 is 1.52. The van der Waals surface area contributed by atoms with Gasteiger partial charge in [0.2, 0.25) is 0 Å². The standard InChI is InChI=1S/C38H31N2S.C13H12N.Ir/c1-25(2)20-27-18-19-30-33(24-41-36(30)23-27)38-39-34-16-10-11-17-35(34)40(38)37-31(28-12-6-4-7-13-28)21-26(3)22-32(37)29-14-8-5-9-15-29;1-10-3-6-12(7-4-10)13-8-5-11(2)9-14-13;/h4-19,21-23,25H,20H2,1-3H3;3-6,8-9H,1-2H3;/q2*-1;/i20D2;1D3,2D3;. The van der Waals surface area contributed by atoms with Crippen LogP contribution in [0.2, 0.25) is 0 Å². The quantitative estimate of drug-likeness (QED) is 0.149. The normalized spacial score (nSPS) is 13.9. The maximum atomic E-state index is 8.66. The van der Waals surface area contributed by atoms with Crippen molar-refractivity contribution < 1.29 is 31.1 Å². The summed E-state index contributed by atoms with van der Waals surface area (Å²) in [5.74, 6) is 0.692. The fourth-order valence-corrected chi connectivity index (χ4v) is 7.70. The van der Waals surface area contributed by atoms with Gasteiger partial charge in [-0.2, -0.15) is 0 Å². The number of hydrogen-bond acceptors (Lipinski definition) is 3. The maximum Gasteiger partial charge on any atom is 0.0774 e. The molecule has 0 unspecified atom stereocenters. The molecule has 0 atom stereocenters.